The zero-order chi connectivity index (χ0) is 30.1. The molecule has 4 aliphatic carbocycles. The minimum atomic E-state index is -2.02. The molecule has 0 spiro atoms. The summed E-state index contributed by atoms with van der Waals surface area (Å²) in [6.07, 6.45) is 11.8. The topological polar surface area (TPSA) is 47.9 Å². The maximum Gasteiger partial charge on any atom is 0.192 e. The first kappa shape index (κ1) is 32.3. The van der Waals surface area contributed by atoms with Crippen molar-refractivity contribution >= 4 is 16.6 Å². The normalized spacial score (nSPS) is 36.2. The van der Waals surface area contributed by atoms with E-state index in [0.717, 1.165) is 44.3 Å². The molecule has 0 aromatic carbocycles. The lowest BCUT2D eigenvalue weighted by molar-refractivity contribution is -0.0383. The van der Waals surface area contributed by atoms with E-state index in [1.807, 2.05) is 0 Å². The van der Waals surface area contributed by atoms with Gasteiger partial charge in [-0.25, -0.2) is 0 Å². The van der Waals surface area contributed by atoms with Crippen molar-refractivity contribution in [1.82, 2.24) is 0 Å². The molecule has 0 bridgehead atoms. The van der Waals surface area contributed by atoms with E-state index in [2.05, 4.69) is 93.7 Å². The predicted molar refractivity (Wildman–Crippen MR) is 172 cm³/mol. The summed E-state index contributed by atoms with van der Waals surface area (Å²) in [5.74, 6) is 1.79. The fourth-order valence-electron chi connectivity index (χ4n) is 7.95. The van der Waals surface area contributed by atoms with Crippen LogP contribution in [0, 0.1) is 22.7 Å². The number of aliphatic hydroxyl groups is 1. The van der Waals surface area contributed by atoms with Crippen molar-refractivity contribution < 1.29 is 18.7 Å². The molecule has 6 heteroatoms. The third-order valence-electron chi connectivity index (χ3n) is 12.6. The number of ether oxygens (including phenoxy) is 1. The Balaban J connectivity index is 1.76. The Bertz CT molecular complexity index is 1070. The molecule has 4 nitrogen and oxygen atoms in total. The highest BCUT2D eigenvalue weighted by atomic mass is 28.4. The number of methoxy groups -OCH3 is 1. The Morgan fingerprint density at radius 1 is 0.925 bits per heavy atom. The summed E-state index contributed by atoms with van der Waals surface area (Å²) in [6.45, 7) is 28.7. The average Bonchev–Trinajstić information content (AvgIpc) is 3.16. The van der Waals surface area contributed by atoms with Gasteiger partial charge in [0.25, 0.3) is 0 Å². The molecule has 6 atom stereocenters. The van der Waals surface area contributed by atoms with E-state index in [0.29, 0.717) is 11.8 Å². The molecule has 0 unspecified atom stereocenters. The van der Waals surface area contributed by atoms with Crippen molar-refractivity contribution in [3.05, 3.63) is 34.6 Å². The van der Waals surface area contributed by atoms with Gasteiger partial charge in [0.05, 0.1) is 19.3 Å². The molecule has 3 fully saturated rings. The first-order valence-electron chi connectivity index (χ1n) is 15.9. The van der Waals surface area contributed by atoms with E-state index >= 15 is 0 Å². The zero-order valence-corrected chi connectivity index (χ0v) is 30.1. The van der Waals surface area contributed by atoms with Crippen molar-refractivity contribution in [2.45, 2.75) is 142 Å². The molecule has 0 radical (unpaired) electrons. The van der Waals surface area contributed by atoms with E-state index in [1.165, 1.54) is 5.57 Å². The molecule has 228 valence electrons. The van der Waals surface area contributed by atoms with E-state index in [-0.39, 0.29) is 39.7 Å². The summed E-state index contributed by atoms with van der Waals surface area (Å²) >= 11 is 0. The van der Waals surface area contributed by atoms with Gasteiger partial charge in [-0.3, -0.25) is 0 Å². The highest BCUT2D eigenvalue weighted by molar-refractivity contribution is 6.74. The quantitative estimate of drug-likeness (QED) is 0.248. The molecule has 40 heavy (non-hydrogen) atoms. The van der Waals surface area contributed by atoms with Gasteiger partial charge in [-0.15, -0.1) is 0 Å². The molecule has 0 amide bonds. The maximum atomic E-state index is 10.1. The Kier molecular flexibility index (Phi) is 8.47. The average molecular weight is 589 g/mol. The molecule has 0 aromatic heterocycles. The van der Waals surface area contributed by atoms with Crippen LogP contribution >= 0.6 is 0 Å². The number of allylic oxidation sites excluding steroid dienone is 4. The van der Waals surface area contributed by atoms with Gasteiger partial charge in [0.15, 0.2) is 16.6 Å². The summed E-state index contributed by atoms with van der Waals surface area (Å²) in [7, 11) is -2.21. The molecular weight excluding hydrogens is 529 g/mol. The molecule has 1 N–H and O–H groups in total. The summed E-state index contributed by atoms with van der Waals surface area (Å²) < 4.78 is 20.3. The number of fused-ring (bicyclic) bond motifs is 5. The third-order valence-corrected chi connectivity index (χ3v) is 21.6. The Morgan fingerprint density at radius 3 is 2.08 bits per heavy atom. The lowest BCUT2D eigenvalue weighted by Crippen LogP contribution is -2.58. The van der Waals surface area contributed by atoms with E-state index in [1.54, 1.807) is 18.3 Å². The second-order valence-corrected chi connectivity index (χ2v) is 26.3. The molecule has 0 heterocycles. The largest absolute Gasteiger partial charge is 0.499 e. The van der Waals surface area contributed by atoms with Crippen LogP contribution < -0.4 is 0 Å². The Labute approximate surface area is 248 Å². The number of aliphatic hydroxyl groups excluding tert-OH is 1. The standard InChI is InChI=1S/C34H60O4Si2/c1-31(2,3)39(10,11)37-24-20-23-14-15-25-26-16-17-28(29(22-35)36-9)33(26,7)19-18-27(25)34(23,8)30(21-24)38-40(12,13)32(4,5)6/h14-15,24,26-27,30,35H,16-22H2,1-13H3/t24-,26+,27+,30+,33+,34+/m1/s1. The van der Waals surface area contributed by atoms with Crippen molar-refractivity contribution in [2.75, 3.05) is 13.7 Å². The number of hydrogen-bond donors (Lipinski definition) is 1. The van der Waals surface area contributed by atoms with Crippen LogP contribution in [0.5, 0.6) is 0 Å². The van der Waals surface area contributed by atoms with Gasteiger partial charge in [-0.2, -0.15) is 0 Å². The summed E-state index contributed by atoms with van der Waals surface area (Å²) in [4.78, 5) is 0. The van der Waals surface area contributed by atoms with Crippen molar-refractivity contribution in [3.8, 4) is 0 Å². The third kappa shape index (κ3) is 5.20. The molecule has 0 saturated heterocycles. The molecule has 4 rings (SSSR count). The van der Waals surface area contributed by atoms with Crippen molar-refractivity contribution in [2.24, 2.45) is 22.7 Å². The monoisotopic (exact) mass is 588 g/mol. The van der Waals surface area contributed by atoms with Crippen molar-refractivity contribution in [1.29, 1.82) is 0 Å². The summed E-state index contributed by atoms with van der Waals surface area (Å²) in [5, 5.41) is 10.4. The zero-order valence-electron chi connectivity index (χ0n) is 28.1. The fraction of sp³-hybridized carbons (Fsp3) is 0.824. The highest BCUT2D eigenvalue weighted by Gasteiger charge is 2.60. The minimum absolute atomic E-state index is 0.00354. The molecular formula is C34H60O4Si2. The van der Waals surface area contributed by atoms with Crippen LogP contribution in [-0.2, 0) is 13.6 Å². The van der Waals surface area contributed by atoms with E-state index in [9.17, 15) is 5.11 Å². The first-order chi connectivity index (χ1) is 18.2. The molecule has 0 aliphatic heterocycles. The minimum Gasteiger partial charge on any atom is -0.499 e. The predicted octanol–water partition coefficient (Wildman–Crippen LogP) is 9.15. The van der Waals surface area contributed by atoms with Crippen LogP contribution in [0.25, 0.3) is 0 Å². The number of rotatable bonds is 6. The van der Waals surface area contributed by atoms with E-state index < -0.39 is 16.6 Å². The smallest absolute Gasteiger partial charge is 0.192 e. The van der Waals surface area contributed by atoms with Crippen LogP contribution in [0.15, 0.2) is 34.6 Å². The van der Waals surface area contributed by atoms with Gasteiger partial charge in [0.2, 0.25) is 0 Å². The maximum absolute atomic E-state index is 10.1. The molecule has 0 aromatic rings. The summed E-state index contributed by atoms with van der Waals surface area (Å²) in [5.41, 5.74) is 4.57. The number of hydrogen-bond acceptors (Lipinski definition) is 4. The van der Waals surface area contributed by atoms with Crippen LogP contribution in [0.1, 0.15) is 93.9 Å². The molecule has 4 aliphatic rings. The Morgan fingerprint density at radius 2 is 1.52 bits per heavy atom. The SMILES string of the molecule is COC(CO)=C1CC[C@H]2C3=CC=C4C[C@@H](O[Si](C)(C)C(C)(C)C)C[C@H](O[Si](C)(C)C(C)(C)C)[C@]4(C)[C@H]3CC[C@]12C. The molecule has 3 saturated carbocycles. The second-order valence-electron chi connectivity index (χ2n) is 16.8. The highest BCUT2D eigenvalue weighted by Crippen LogP contribution is 2.66. The lowest BCUT2D eigenvalue weighted by atomic mass is 9.50. The van der Waals surface area contributed by atoms with Gasteiger partial charge in [-0.05, 0) is 97.6 Å². The second kappa shape index (κ2) is 10.5. The lowest BCUT2D eigenvalue weighted by Gasteiger charge is -2.59. The van der Waals surface area contributed by atoms with Gasteiger partial charge in [0, 0.05) is 5.41 Å². The van der Waals surface area contributed by atoms with Crippen molar-refractivity contribution in [3.63, 3.8) is 0 Å². The summed E-state index contributed by atoms with van der Waals surface area (Å²) in [6, 6.07) is 0. The van der Waals surface area contributed by atoms with Crippen LogP contribution in [0.4, 0.5) is 0 Å². The Hall–Kier alpha value is -0.666. The fourth-order valence-corrected chi connectivity index (χ4v) is 10.7. The van der Waals surface area contributed by atoms with E-state index in [4.69, 9.17) is 13.6 Å². The van der Waals surface area contributed by atoms with Gasteiger partial charge >= 0.3 is 0 Å². The van der Waals surface area contributed by atoms with Crippen LogP contribution in [0.2, 0.25) is 36.3 Å². The van der Waals surface area contributed by atoms with Gasteiger partial charge in [0.1, 0.15) is 12.4 Å². The van der Waals surface area contributed by atoms with Crippen LogP contribution in [0.3, 0.4) is 0 Å². The van der Waals surface area contributed by atoms with Gasteiger partial charge < -0.3 is 18.7 Å². The first-order valence-corrected chi connectivity index (χ1v) is 21.7. The van der Waals surface area contributed by atoms with Crippen LogP contribution in [-0.4, -0.2) is 47.7 Å². The van der Waals surface area contributed by atoms with Gasteiger partial charge in [-0.1, -0.05) is 78.7 Å².